The van der Waals surface area contributed by atoms with Crippen LogP contribution in [0.3, 0.4) is 0 Å². The Morgan fingerprint density at radius 3 is 2.00 bits per heavy atom. The highest BCUT2D eigenvalue weighted by Gasteiger charge is 2.60. The minimum atomic E-state index is -2.03. The first kappa shape index (κ1) is 16.1. The first-order valence-corrected chi connectivity index (χ1v) is 5.93. The molecule has 20 heavy (non-hydrogen) atoms. The molecule has 0 aliphatic carbocycles. The number of amides is 1. The van der Waals surface area contributed by atoms with E-state index in [2.05, 4.69) is 5.32 Å². The first-order chi connectivity index (χ1) is 9.23. The average molecular weight is 284 g/mol. The Kier molecular flexibility index (Phi) is 4.51. The molecule has 0 spiro atoms. The van der Waals surface area contributed by atoms with E-state index in [9.17, 15) is 29.1 Å². The fourth-order valence-corrected chi connectivity index (χ4v) is 2.57. The molecular weight excluding hydrogens is 268 g/mol. The third kappa shape index (κ3) is 2.16. The highest BCUT2D eigenvalue weighted by Crippen LogP contribution is 2.29. The monoisotopic (exact) mass is 284 g/mol. The van der Waals surface area contributed by atoms with E-state index in [4.69, 9.17) is 0 Å². The molecule has 110 valence electrons. The molecule has 1 rings (SSSR count). The van der Waals surface area contributed by atoms with E-state index in [1.54, 1.807) is 0 Å². The molecule has 1 aliphatic rings. The van der Waals surface area contributed by atoms with Crippen LogP contribution in [0.4, 0.5) is 0 Å². The number of ketones is 3. The molecule has 2 unspecified atom stereocenters. The highest BCUT2D eigenvalue weighted by atomic mass is 16.3. The third-order valence-corrected chi connectivity index (χ3v) is 3.41. The fraction of sp³-hybridized carbons (Fsp3) is 0.583. The van der Waals surface area contributed by atoms with Gasteiger partial charge in [-0.3, -0.25) is 29.3 Å². The van der Waals surface area contributed by atoms with Gasteiger partial charge in [0.05, 0.1) is 18.7 Å². The maximum Gasteiger partial charge on any atom is 0.222 e. The SMILES string of the molecule is CC(=O)N1C(CO)C(C(=O)C=O)NC1(C(C)=O)C(C)=O. The van der Waals surface area contributed by atoms with E-state index in [1.807, 2.05) is 0 Å². The zero-order valence-corrected chi connectivity index (χ0v) is 11.4. The number of nitrogens with zero attached hydrogens (tertiary/aromatic N) is 1. The summed E-state index contributed by atoms with van der Waals surface area (Å²) in [5.74, 6) is -3.00. The van der Waals surface area contributed by atoms with Crippen molar-refractivity contribution in [3.8, 4) is 0 Å². The lowest BCUT2D eigenvalue weighted by atomic mass is 9.99. The molecule has 0 saturated carbocycles. The van der Waals surface area contributed by atoms with E-state index in [-0.39, 0.29) is 6.29 Å². The van der Waals surface area contributed by atoms with Crippen molar-refractivity contribution in [2.24, 2.45) is 0 Å². The van der Waals surface area contributed by atoms with Crippen LogP contribution >= 0.6 is 0 Å². The number of nitrogens with one attached hydrogen (secondary N) is 1. The van der Waals surface area contributed by atoms with Crippen molar-refractivity contribution in [1.29, 1.82) is 0 Å². The number of hydrogen-bond acceptors (Lipinski definition) is 7. The molecule has 0 aromatic rings. The van der Waals surface area contributed by atoms with Crippen LogP contribution in [-0.4, -0.2) is 63.9 Å². The van der Waals surface area contributed by atoms with Gasteiger partial charge in [-0.25, -0.2) is 0 Å². The molecule has 8 nitrogen and oxygen atoms in total. The van der Waals surface area contributed by atoms with Gasteiger partial charge in [0.2, 0.25) is 17.4 Å². The standard InChI is InChI=1S/C12H16N2O6/c1-6(17)12(7(2)18)13-11(10(20)5-16)9(4-15)14(12)8(3)19/h5,9,11,13,15H,4H2,1-3H3. The summed E-state index contributed by atoms with van der Waals surface area (Å²) >= 11 is 0. The molecule has 2 N–H and O–H groups in total. The Balaban J connectivity index is 3.48. The zero-order valence-electron chi connectivity index (χ0n) is 11.4. The van der Waals surface area contributed by atoms with Crippen LogP contribution in [0.25, 0.3) is 0 Å². The van der Waals surface area contributed by atoms with Crippen LogP contribution in [0.1, 0.15) is 20.8 Å². The number of carbonyl (C=O) groups is 5. The Hall–Kier alpha value is -1.93. The van der Waals surface area contributed by atoms with Crippen molar-refractivity contribution in [2.45, 2.75) is 38.5 Å². The molecule has 0 radical (unpaired) electrons. The highest BCUT2D eigenvalue weighted by molar-refractivity contribution is 6.28. The number of aliphatic hydroxyl groups excluding tert-OH is 1. The van der Waals surface area contributed by atoms with Gasteiger partial charge in [0.25, 0.3) is 0 Å². The molecule has 2 atom stereocenters. The molecular formula is C12H16N2O6. The summed E-state index contributed by atoms with van der Waals surface area (Å²) in [5.41, 5.74) is -2.03. The molecule has 0 bridgehead atoms. The summed E-state index contributed by atoms with van der Waals surface area (Å²) in [7, 11) is 0. The Bertz CT molecular complexity index is 472. The summed E-state index contributed by atoms with van der Waals surface area (Å²) in [6.45, 7) is 2.62. The second kappa shape index (κ2) is 5.59. The van der Waals surface area contributed by atoms with E-state index in [1.165, 1.54) is 0 Å². The fourth-order valence-electron chi connectivity index (χ4n) is 2.57. The van der Waals surface area contributed by atoms with Crippen LogP contribution < -0.4 is 5.32 Å². The number of Topliss-reactive ketones (excluding diaryl/α,β-unsaturated/α-hetero) is 3. The van der Waals surface area contributed by atoms with E-state index < -0.39 is 47.6 Å². The van der Waals surface area contributed by atoms with Gasteiger partial charge in [-0.2, -0.15) is 0 Å². The van der Waals surface area contributed by atoms with Crippen molar-refractivity contribution in [2.75, 3.05) is 6.61 Å². The second-order valence-corrected chi connectivity index (χ2v) is 4.60. The van der Waals surface area contributed by atoms with Gasteiger partial charge in [-0.05, 0) is 13.8 Å². The number of carbonyl (C=O) groups excluding carboxylic acids is 5. The van der Waals surface area contributed by atoms with Crippen molar-refractivity contribution >= 4 is 29.5 Å². The first-order valence-electron chi connectivity index (χ1n) is 5.93. The lowest BCUT2D eigenvalue weighted by Gasteiger charge is -2.35. The van der Waals surface area contributed by atoms with Crippen molar-refractivity contribution in [3.05, 3.63) is 0 Å². The lowest BCUT2D eigenvalue weighted by molar-refractivity contribution is -0.152. The Labute approximate surface area is 115 Å². The van der Waals surface area contributed by atoms with Crippen molar-refractivity contribution < 1.29 is 29.1 Å². The molecule has 1 saturated heterocycles. The Morgan fingerprint density at radius 2 is 1.70 bits per heavy atom. The van der Waals surface area contributed by atoms with Crippen LogP contribution in [0, 0.1) is 0 Å². The minimum absolute atomic E-state index is 0.0228. The normalized spacial score (nSPS) is 24.3. The van der Waals surface area contributed by atoms with Gasteiger partial charge < -0.3 is 10.0 Å². The summed E-state index contributed by atoms with van der Waals surface area (Å²) < 4.78 is 0. The maximum atomic E-state index is 11.9. The van der Waals surface area contributed by atoms with Gasteiger partial charge in [0, 0.05) is 6.92 Å². The van der Waals surface area contributed by atoms with Gasteiger partial charge in [0.1, 0.15) is 0 Å². The number of rotatable bonds is 5. The summed E-state index contributed by atoms with van der Waals surface area (Å²) in [5, 5.41) is 11.8. The number of aldehydes is 1. The van der Waals surface area contributed by atoms with E-state index in [0.717, 1.165) is 25.7 Å². The lowest BCUT2D eigenvalue weighted by Crippen LogP contribution is -2.64. The summed E-state index contributed by atoms with van der Waals surface area (Å²) in [6, 6.07) is -2.45. The number of aliphatic hydroxyl groups is 1. The molecule has 1 fully saturated rings. The summed E-state index contributed by atoms with van der Waals surface area (Å²) in [4.78, 5) is 58.6. The van der Waals surface area contributed by atoms with Gasteiger partial charge >= 0.3 is 0 Å². The topological polar surface area (TPSA) is 121 Å². The predicted octanol–water partition coefficient (Wildman–Crippen LogP) is -2.19. The zero-order chi connectivity index (χ0) is 15.7. The van der Waals surface area contributed by atoms with Gasteiger partial charge in [0.15, 0.2) is 17.9 Å². The van der Waals surface area contributed by atoms with Gasteiger partial charge in [-0.1, -0.05) is 0 Å². The van der Waals surface area contributed by atoms with Crippen LogP contribution in [0.2, 0.25) is 0 Å². The molecule has 1 heterocycles. The smallest absolute Gasteiger partial charge is 0.222 e. The third-order valence-electron chi connectivity index (χ3n) is 3.41. The van der Waals surface area contributed by atoms with E-state index in [0.29, 0.717) is 0 Å². The van der Waals surface area contributed by atoms with Crippen LogP contribution in [0.5, 0.6) is 0 Å². The molecule has 1 amide bonds. The molecule has 0 aromatic carbocycles. The van der Waals surface area contributed by atoms with Crippen LogP contribution in [0.15, 0.2) is 0 Å². The van der Waals surface area contributed by atoms with Gasteiger partial charge in [-0.15, -0.1) is 0 Å². The average Bonchev–Trinajstić information content (AvgIpc) is 2.73. The minimum Gasteiger partial charge on any atom is -0.394 e. The predicted molar refractivity (Wildman–Crippen MR) is 65.5 cm³/mol. The molecule has 0 aromatic heterocycles. The maximum absolute atomic E-state index is 11.9. The Morgan fingerprint density at radius 1 is 1.20 bits per heavy atom. The van der Waals surface area contributed by atoms with Crippen LogP contribution in [-0.2, 0) is 24.0 Å². The number of hydrogen-bond donors (Lipinski definition) is 2. The van der Waals surface area contributed by atoms with E-state index >= 15 is 0 Å². The quantitative estimate of drug-likeness (QED) is 0.334. The van der Waals surface area contributed by atoms with Crippen molar-refractivity contribution in [1.82, 2.24) is 10.2 Å². The largest absolute Gasteiger partial charge is 0.394 e. The molecule has 8 heteroatoms. The van der Waals surface area contributed by atoms with Crippen molar-refractivity contribution in [3.63, 3.8) is 0 Å². The molecule has 1 aliphatic heterocycles. The summed E-state index contributed by atoms with van der Waals surface area (Å²) in [6.07, 6.45) is 0.0228. The second-order valence-electron chi connectivity index (χ2n) is 4.60.